The molecule has 0 fully saturated rings. The number of benzene rings is 4. The molecule has 1 radical (unpaired) electrons. The summed E-state index contributed by atoms with van der Waals surface area (Å²) in [5.41, 5.74) is 7.39. The average Bonchev–Trinajstić information content (AvgIpc) is 2.95. The maximum atomic E-state index is 12.0. The Labute approximate surface area is 303 Å². The van der Waals surface area contributed by atoms with Crippen molar-refractivity contribution in [3.8, 4) is 0 Å². The number of hydrogen-bond acceptors (Lipinski definition) is 6. The van der Waals surface area contributed by atoms with E-state index in [1.165, 1.54) is 0 Å². The van der Waals surface area contributed by atoms with E-state index in [0.717, 1.165) is 33.4 Å². The Balaban J connectivity index is 0. The summed E-state index contributed by atoms with van der Waals surface area (Å²) in [6, 6.07) is 30.1. The fourth-order valence-corrected chi connectivity index (χ4v) is 3.89. The Morgan fingerprint density at radius 3 is 1.05 bits per heavy atom. The molecule has 2 atom stereocenters. The minimum atomic E-state index is -0.642. The first-order chi connectivity index (χ1) is 19.5. The summed E-state index contributed by atoms with van der Waals surface area (Å²) in [6.45, 7) is 9.88. The smallest absolute Gasteiger partial charge is 0.870 e. The summed E-state index contributed by atoms with van der Waals surface area (Å²) >= 11 is 0. The monoisotopic (exact) mass is 639 g/mol. The number of rotatable bonds is 8. The van der Waals surface area contributed by atoms with E-state index in [2.05, 4.69) is 0 Å². The Morgan fingerprint density at radius 2 is 0.795 bits per heavy atom. The third-order valence-electron chi connectivity index (χ3n) is 6.44. The summed E-state index contributed by atoms with van der Waals surface area (Å²) in [7, 11) is 0. The SMILES string of the molecule is CCO.Cc1ccc(C(=O)CC(=O)c2ccc(C)cc2)cc1.Cc1ccc(C(O)CC(O)c2ccc(C)cc2)cc1.[Na+].[OH-].[Sc]. The molecule has 0 aliphatic rings. The van der Waals surface area contributed by atoms with Crippen LogP contribution in [0.1, 0.15) is 86.1 Å². The van der Waals surface area contributed by atoms with Gasteiger partial charge in [0.15, 0.2) is 11.6 Å². The summed E-state index contributed by atoms with van der Waals surface area (Å²) in [4.78, 5) is 24.0. The van der Waals surface area contributed by atoms with Crippen molar-refractivity contribution in [1.82, 2.24) is 0 Å². The zero-order valence-corrected chi connectivity index (χ0v) is 30.5. The molecule has 4 rings (SSSR count). The topological polar surface area (TPSA) is 125 Å². The van der Waals surface area contributed by atoms with Gasteiger partial charge in [0.25, 0.3) is 0 Å². The largest absolute Gasteiger partial charge is 1.00 e. The van der Waals surface area contributed by atoms with E-state index in [1.807, 2.05) is 100 Å². The molecular weight excluding hydrogens is 596 g/mol. The Hall–Kier alpha value is -2.07. The van der Waals surface area contributed by atoms with E-state index in [1.54, 1.807) is 31.2 Å². The molecule has 0 heterocycles. The van der Waals surface area contributed by atoms with Crippen molar-refractivity contribution < 1.29 is 85.8 Å². The summed E-state index contributed by atoms with van der Waals surface area (Å²) in [5, 5.41) is 27.8. The van der Waals surface area contributed by atoms with Crippen molar-refractivity contribution in [2.75, 3.05) is 6.61 Å². The van der Waals surface area contributed by atoms with E-state index < -0.39 is 12.2 Å². The molecule has 4 aromatic rings. The number of hydrogen-bond donors (Lipinski definition) is 3. The van der Waals surface area contributed by atoms with Crippen LogP contribution in [0.5, 0.6) is 0 Å². The number of ketones is 2. The van der Waals surface area contributed by atoms with Crippen LogP contribution >= 0.6 is 0 Å². The molecule has 0 amide bonds. The van der Waals surface area contributed by atoms with Crippen molar-refractivity contribution in [3.05, 3.63) is 142 Å². The molecule has 8 heteroatoms. The molecule has 227 valence electrons. The van der Waals surface area contributed by atoms with Crippen LogP contribution in [-0.4, -0.2) is 39.0 Å². The fraction of sp³-hybridized carbons (Fsp3) is 0.278. The Kier molecular flexibility index (Phi) is 23.3. The second-order valence-corrected chi connectivity index (χ2v) is 10.2. The zero-order chi connectivity index (χ0) is 30.4. The van der Waals surface area contributed by atoms with E-state index in [9.17, 15) is 19.8 Å². The quantitative estimate of drug-likeness (QED) is 0.152. The number of carbonyl (C=O) groups excluding carboxylic acids is 2. The van der Waals surface area contributed by atoms with Gasteiger partial charge in [0, 0.05) is 50.0 Å². The van der Waals surface area contributed by atoms with Gasteiger partial charge in [0.2, 0.25) is 0 Å². The van der Waals surface area contributed by atoms with Crippen LogP contribution in [0.2, 0.25) is 0 Å². The van der Waals surface area contributed by atoms with Crippen LogP contribution in [0.4, 0.5) is 0 Å². The first kappa shape index (κ1) is 44.1. The van der Waals surface area contributed by atoms with E-state index in [-0.39, 0.29) is 85.5 Å². The summed E-state index contributed by atoms with van der Waals surface area (Å²) < 4.78 is 0. The van der Waals surface area contributed by atoms with Gasteiger partial charge in [-0.1, -0.05) is 119 Å². The van der Waals surface area contributed by atoms with Crippen LogP contribution in [0.3, 0.4) is 0 Å². The van der Waals surface area contributed by atoms with Crippen molar-refractivity contribution in [3.63, 3.8) is 0 Å². The number of carbonyl (C=O) groups is 2. The second-order valence-electron chi connectivity index (χ2n) is 10.2. The van der Waals surface area contributed by atoms with E-state index in [4.69, 9.17) is 5.11 Å². The van der Waals surface area contributed by atoms with Gasteiger partial charge in [0.05, 0.1) is 18.6 Å². The van der Waals surface area contributed by atoms with Crippen molar-refractivity contribution in [2.24, 2.45) is 0 Å². The van der Waals surface area contributed by atoms with Crippen molar-refractivity contribution in [1.29, 1.82) is 0 Å². The molecule has 0 saturated heterocycles. The molecular formula is C36H43NaO6Sc. The zero-order valence-electron chi connectivity index (χ0n) is 26.7. The summed E-state index contributed by atoms with van der Waals surface area (Å²) in [5.74, 6) is -0.267. The van der Waals surface area contributed by atoms with Gasteiger partial charge in [-0.15, -0.1) is 0 Å². The maximum Gasteiger partial charge on any atom is 1.00 e. The van der Waals surface area contributed by atoms with E-state index >= 15 is 0 Å². The second kappa shape index (κ2) is 23.3. The standard InChI is InChI=1S/C17H20O2.C17H16O2.C2H6O.Na.H2O.Sc/c2*1-12-3-7-14(8-4-12)16(18)11-17(19)15-9-5-13(2)6-10-15;1-2-3;;;/h3-10,16-19H,11H2,1-2H3;3-10H,11H2,1-2H3;3H,2H2,1H3;;1H2;/q;;;+1;;/p-1. The number of aryl methyl sites for hydroxylation is 4. The Morgan fingerprint density at radius 1 is 0.568 bits per heavy atom. The predicted octanol–water partition coefficient (Wildman–Crippen LogP) is 4.04. The van der Waals surface area contributed by atoms with Crippen LogP contribution in [0.15, 0.2) is 97.1 Å². The van der Waals surface area contributed by atoms with Gasteiger partial charge in [-0.05, 0) is 45.7 Å². The summed E-state index contributed by atoms with van der Waals surface area (Å²) in [6.07, 6.45) is -1.05. The molecule has 0 aromatic heterocycles. The number of aliphatic hydroxyl groups is 3. The molecule has 0 saturated carbocycles. The first-order valence-corrected chi connectivity index (χ1v) is 13.8. The molecule has 0 spiro atoms. The van der Waals surface area contributed by atoms with Gasteiger partial charge in [-0.2, -0.15) is 0 Å². The normalized spacial score (nSPS) is 10.9. The third kappa shape index (κ3) is 15.8. The Bertz CT molecular complexity index is 1250. The maximum absolute atomic E-state index is 12.0. The molecule has 6 nitrogen and oxygen atoms in total. The molecule has 44 heavy (non-hydrogen) atoms. The van der Waals surface area contributed by atoms with Crippen LogP contribution in [0, 0.1) is 27.7 Å². The predicted molar refractivity (Wildman–Crippen MR) is 167 cm³/mol. The van der Waals surface area contributed by atoms with Crippen molar-refractivity contribution in [2.45, 2.75) is 59.7 Å². The van der Waals surface area contributed by atoms with Crippen LogP contribution in [0.25, 0.3) is 0 Å². The number of Topliss-reactive ketones (excluding diaryl/α,β-unsaturated/α-hetero) is 2. The van der Waals surface area contributed by atoms with Crippen molar-refractivity contribution >= 4 is 11.6 Å². The molecule has 0 bridgehead atoms. The molecule has 0 aliphatic heterocycles. The average molecular weight is 640 g/mol. The fourth-order valence-electron chi connectivity index (χ4n) is 3.89. The third-order valence-corrected chi connectivity index (χ3v) is 6.44. The van der Waals surface area contributed by atoms with E-state index in [0.29, 0.717) is 17.5 Å². The number of aliphatic hydroxyl groups excluding tert-OH is 3. The van der Waals surface area contributed by atoms with Gasteiger partial charge in [-0.3, -0.25) is 9.59 Å². The van der Waals surface area contributed by atoms with Crippen LogP contribution < -0.4 is 29.6 Å². The van der Waals surface area contributed by atoms with Gasteiger partial charge < -0.3 is 20.8 Å². The van der Waals surface area contributed by atoms with Gasteiger partial charge >= 0.3 is 29.6 Å². The molecule has 4 aromatic carbocycles. The van der Waals surface area contributed by atoms with Gasteiger partial charge in [-0.25, -0.2) is 0 Å². The minimum Gasteiger partial charge on any atom is -0.870 e. The molecule has 2 unspecified atom stereocenters. The minimum absolute atomic E-state index is 0. The molecule has 0 aliphatic carbocycles. The van der Waals surface area contributed by atoms with Gasteiger partial charge in [0.1, 0.15) is 0 Å². The van der Waals surface area contributed by atoms with Crippen LogP contribution in [-0.2, 0) is 25.8 Å². The first-order valence-electron chi connectivity index (χ1n) is 13.8. The molecule has 4 N–H and O–H groups in total.